The lowest BCUT2D eigenvalue weighted by atomic mass is 9.94. The molecule has 0 aliphatic heterocycles. The molecule has 92 valence electrons. The predicted octanol–water partition coefficient (Wildman–Crippen LogP) is 2.90. The molecular weight excluding hydrogens is 198 g/mol. The van der Waals surface area contributed by atoms with Crippen LogP contribution in [0.25, 0.3) is 0 Å². The molecule has 0 saturated carbocycles. The maximum Gasteiger partial charge on any atom is 0.0537 e. The average Bonchev–Trinajstić information content (AvgIpc) is 2.66. The molecule has 2 unspecified atom stereocenters. The van der Waals surface area contributed by atoms with E-state index >= 15 is 0 Å². The Morgan fingerprint density at radius 2 is 1.94 bits per heavy atom. The Morgan fingerprint density at radius 1 is 1.31 bits per heavy atom. The SMILES string of the molecule is CCC(CC)C(C)NC(C)c1cnn(C)c1. The number of aromatic nitrogens is 2. The van der Waals surface area contributed by atoms with Gasteiger partial charge in [0.15, 0.2) is 0 Å². The van der Waals surface area contributed by atoms with Gasteiger partial charge in [-0.1, -0.05) is 26.7 Å². The molecule has 0 radical (unpaired) electrons. The zero-order valence-corrected chi connectivity index (χ0v) is 11.2. The molecule has 0 aromatic carbocycles. The standard InChI is InChI=1S/C13H25N3/c1-6-12(7-2)10(3)15-11(4)13-8-14-16(5)9-13/h8-12,15H,6-7H2,1-5H3. The maximum absolute atomic E-state index is 4.21. The average molecular weight is 223 g/mol. The fourth-order valence-corrected chi connectivity index (χ4v) is 2.29. The Hall–Kier alpha value is -0.830. The summed E-state index contributed by atoms with van der Waals surface area (Å²) in [6.45, 7) is 9.02. The first-order chi connectivity index (χ1) is 7.58. The maximum atomic E-state index is 4.21. The summed E-state index contributed by atoms with van der Waals surface area (Å²) in [5.74, 6) is 0.763. The fraction of sp³-hybridized carbons (Fsp3) is 0.769. The van der Waals surface area contributed by atoms with Gasteiger partial charge in [-0.15, -0.1) is 0 Å². The van der Waals surface area contributed by atoms with Gasteiger partial charge in [0.1, 0.15) is 0 Å². The molecule has 0 spiro atoms. The van der Waals surface area contributed by atoms with Gasteiger partial charge in [-0.3, -0.25) is 4.68 Å². The molecule has 0 amide bonds. The lowest BCUT2D eigenvalue weighted by Crippen LogP contribution is -2.34. The molecule has 0 aliphatic rings. The fourth-order valence-electron chi connectivity index (χ4n) is 2.29. The number of nitrogens with zero attached hydrogens (tertiary/aromatic N) is 2. The highest BCUT2D eigenvalue weighted by molar-refractivity contribution is 5.09. The van der Waals surface area contributed by atoms with Crippen LogP contribution in [0.15, 0.2) is 12.4 Å². The molecular formula is C13H25N3. The number of aryl methyl sites for hydroxylation is 1. The molecule has 1 N–H and O–H groups in total. The van der Waals surface area contributed by atoms with Crippen LogP contribution < -0.4 is 5.32 Å². The second-order valence-electron chi connectivity index (χ2n) is 4.70. The normalized spacial score (nSPS) is 15.4. The molecule has 0 aliphatic carbocycles. The number of rotatable bonds is 6. The summed E-state index contributed by atoms with van der Waals surface area (Å²) in [6.07, 6.45) is 6.50. The van der Waals surface area contributed by atoms with Crippen molar-refractivity contribution in [2.75, 3.05) is 0 Å². The molecule has 1 rings (SSSR count). The first-order valence-corrected chi connectivity index (χ1v) is 6.33. The lowest BCUT2D eigenvalue weighted by molar-refractivity contribution is 0.330. The second kappa shape index (κ2) is 6.04. The van der Waals surface area contributed by atoms with Gasteiger partial charge < -0.3 is 5.32 Å². The van der Waals surface area contributed by atoms with Gasteiger partial charge in [0, 0.05) is 30.9 Å². The third-order valence-electron chi connectivity index (χ3n) is 3.49. The Bertz CT molecular complexity index is 302. The summed E-state index contributed by atoms with van der Waals surface area (Å²) >= 11 is 0. The number of nitrogens with one attached hydrogen (secondary N) is 1. The monoisotopic (exact) mass is 223 g/mol. The molecule has 1 aromatic rings. The minimum Gasteiger partial charge on any atom is -0.307 e. The van der Waals surface area contributed by atoms with E-state index in [4.69, 9.17) is 0 Å². The van der Waals surface area contributed by atoms with E-state index in [0.717, 1.165) is 5.92 Å². The van der Waals surface area contributed by atoms with E-state index in [1.807, 2.05) is 17.9 Å². The van der Waals surface area contributed by atoms with Gasteiger partial charge >= 0.3 is 0 Å². The summed E-state index contributed by atoms with van der Waals surface area (Å²) in [6, 6.07) is 0.939. The van der Waals surface area contributed by atoms with E-state index in [1.54, 1.807) is 0 Å². The van der Waals surface area contributed by atoms with Crippen molar-refractivity contribution < 1.29 is 0 Å². The van der Waals surface area contributed by atoms with Crippen LogP contribution in [-0.4, -0.2) is 15.8 Å². The van der Waals surface area contributed by atoms with Gasteiger partial charge in [-0.25, -0.2) is 0 Å². The van der Waals surface area contributed by atoms with E-state index < -0.39 is 0 Å². The Morgan fingerprint density at radius 3 is 2.38 bits per heavy atom. The molecule has 0 fully saturated rings. The summed E-state index contributed by atoms with van der Waals surface area (Å²) in [5, 5.41) is 7.86. The smallest absolute Gasteiger partial charge is 0.0537 e. The molecule has 3 nitrogen and oxygen atoms in total. The third-order valence-corrected chi connectivity index (χ3v) is 3.49. The van der Waals surface area contributed by atoms with Crippen molar-refractivity contribution in [2.24, 2.45) is 13.0 Å². The van der Waals surface area contributed by atoms with Crippen molar-refractivity contribution in [3.63, 3.8) is 0 Å². The zero-order valence-electron chi connectivity index (χ0n) is 11.2. The van der Waals surface area contributed by atoms with Crippen LogP contribution in [0.5, 0.6) is 0 Å². The summed E-state index contributed by atoms with van der Waals surface area (Å²) in [7, 11) is 1.96. The van der Waals surface area contributed by atoms with Crippen molar-refractivity contribution in [1.29, 1.82) is 0 Å². The van der Waals surface area contributed by atoms with Gasteiger partial charge in [-0.05, 0) is 19.8 Å². The quantitative estimate of drug-likeness (QED) is 0.803. The van der Waals surface area contributed by atoms with E-state index in [9.17, 15) is 0 Å². The van der Waals surface area contributed by atoms with Crippen molar-refractivity contribution in [2.45, 2.75) is 52.6 Å². The first kappa shape index (κ1) is 13.2. The van der Waals surface area contributed by atoms with Gasteiger partial charge in [-0.2, -0.15) is 5.10 Å². The van der Waals surface area contributed by atoms with Gasteiger partial charge in [0.05, 0.1) is 6.20 Å². The van der Waals surface area contributed by atoms with E-state index in [0.29, 0.717) is 12.1 Å². The highest BCUT2D eigenvalue weighted by atomic mass is 15.2. The lowest BCUT2D eigenvalue weighted by Gasteiger charge is -2.25. The van der Waals surface area contributed by atoms with Gasteiger partial charge in [0.2, 0.25) is 0 Å². The predicted molar refractivity (Wildman–Crippen MR) is 68.3 cm³/mol. The summed E-state index contributed by atoms with van der Waals surface area (Å²) < 4.78 is 1.86. The Kier molecular flexibility index (Phi) is 5.00. The highest BCUT2D eigenvalue weighted by Crippen LogP contribution is 2.17. The Balaban J connectivity index is 2.53. The summed E-state index contributed by atoms with van der Waals surface area (Å²) in [4.78, 5) is 0. The largest absolute Gasteiger partial charge is 0.307 e. The van der Waals surface area contributed by atoms with Crippen LogP contribution >= 0.6 is 0 Å². The summed E-state index contributed by atoms with van der Waals surface area (Å²) in [5.41, 5.74) is 1.26. The van der Waals surface area contributed by atoms with Gasteiger partial charge in [0.25, 0.3) is 0 Å². The number of hydrogen-bond acceptors (Lipinski definition) is 2. The molecule has 1 heterocycles. The van der Waals surface area contributed by atoms with Crippen LogP contribution in [-0.2, 0) is 7.05 Å². The minimum atomic E-state index is 0.379. The Labute approximate surface area is 99.2 Å². The van der Waals surface area contributed by atoms with E-state index in [1.165, 1.54) is 18.4 Å². The highest BCUT2D eigenvalue weighted by Gasteiger charge is 2.16. The van der Waals surface area contributed by atoms with E-state index in [-0.39, 0.29) is 0 Å². The second-order valence-corrected chi connectivity index (χ2v) is 4.70. The van der Waals surface area contributed by atoms with Crippen LogP contribution in [0.4, 0.5) is 0 Å². The van der Waals surface area contributed by atoms with Crippen molar-refractivity contribution >= 4 is 0 Å². The topological polar surface area (TPSA) is 29.9 Å². The van der Waals surface area contributed by atoms with Crippen molar-refractivity contribution in [3.8, 4) is 0 Å². The molecule has 16 heavy (non-hydrogen) atoms. The van der Waals surface area contributed by atoms with Crippen LogP contribution in [0.3, 0.4) is 0 Å². The van der Waals surface area contributed by atoms with Crippen LogP contribution in [0.2, 0.25) is 0 Å². The molecule has 0 saturated heterocycles. The molecule has 2 atom stereocenters. The molecule has 3 heteroatoms. The molecule has 1 aromatic heterocycles. The first-order valence-electron chi connectivity index (χ1n) is 6.33. The number of hydrogen-bond donors (Lipinski definition) is 1. The molecule has 0 bridgehead atoms. The third kappa shape index (κ3) is 3.34. The minimum absolute atomic E-state index is 0.379. The van der Waals surface area contributed by atoms with Crippen LogP contribution in [0.1, 0.15) is 52.1 Å². The van der Waals surface area contributed by atoms with Crippen molar-refractivity contribution in [1.82, 2.24) is 15.1 Å². The zero-order chi connectivity index (χ0) is 12.1. The van der Waals surface area contributed by atoms with Crippen molar-refractivity contribution in [3.05, 3.63) is 18.0 Å². The van der Waals surface area contributed by atoms with E-state index in [2.05, 4.69) is 44.3 Å². The van der Waals surface area contributed by atoms with Crippen LogP contribution in [0, 0.1) is 5.92 Å².